The first-order valence-electron chi connectivity index (χ1n) is 7.73. The second-order valence-electron chi connectivity index (χ2n) is 5.93. The fraction of sp³-hybridized carbons (Fsp3) is 0.176. The number of fused-ring (bicyclic) bond motifs is 1. The van der Waals surface area contributed by atoms with Gasteiger partial charge in [-0.2, -0.15) is 0 Å². The van der Waals surface area contributed by atoms with Gasteiger partial charge >= 0.3 is 5.97 Å². The Kier molecular flexibility index (Phi) is 4.32. The molecular formula is C17H14N4O6. The van der Waals surface area contributed by atoms with Crippen molar-refractivity contribution >= 4 is 34.8 Å². The number of hydrogen-bond donors (Lipinski definition) is 2. The Morgan fingerprint density at radius 2 is 1.96 bits per heavy atom. The summed E-state index contributed by atoms with van der Waals surface area (Å²) in [6.45, 7) is 1.32. The van der Waals surface area contributed by atoms with Crippen molar-refractivity contribution in [3.63, 3.8) is 0 Å². The average molecular weight is 370 g/mol. The number of aromatic nitrogens is 1. The number of nitrogens with one attached hydrogen (secondary N) is 2. The molecule has 0 bridgehead atoms. The van der Waals surface area contributed by atoms with Gasteiger partial charge in [-0.05, 0) is 25.1 Å². The first-order valence-corrected chi connectivity index (χ1v) is 7.73. The van der Waals surface area contributed by atoms with Gasteiger partial charge in [-0.15, -0.1) is 0 Å². The zero-order valence-electron chi connectivity index (χ0n) is 14.3. The number of nitro groups is 1. The summed E-state index contributed by atoms with van der Waals surface area (Å²) >= 11 is 0. The van der Waals surface area contributed by atoms with Crippen molar-refractivity contribution in [2.24, 2.45) is 0 Å². The van der Waals surface area contributed by atoms with Crippen LogP contribution in [0.15, 0.2) is 36.7 Å². The van der Waals surface area contributed by atoms with E-state index < -0.39 is 33.8 Å². The number of rotatable bonds is 4. The Morgan fingerprint density at radius 3 is 2.56 bits per heavy atom. The van der Waals surface area contributed by atoms with Gasteiger partial charge in [0.25, 0.3) is 11.6 Å². The Morgan fingerprint density at radius 1 is 1.30 bits per heavy atom. The largest absolute Gasteiger partial charge is 0.468 e. The van der Waals surface area contributed by atoms with Gasteiger partial charge in [0.1, 0.15) is 5.69 Å². The van der Waals surface area contributed by atoms with Crippen molar-refractivity contribution in [2.45, 2.75) is 12.3 Å². The molecule has 1 aromatic carbocycles. The van der Waals surface area contributed by atoms with E-state index in [2.05, 4.69) is 20.4 Å². The number of ether oxygens (including phenoxy) is 1. The van der Waals surface area contributed by atoms with Gasteiger partial charge in [0.05, 0.1) is 12.0 Å². The average Bonchev–Trinajstić information content (AvgIpc) is 2.91. The highest BCUT2D eigenvalue weighted by molar-refractivity contribution is 6.19. The number of benzene rings is 1. The molecule has 1 aliphatic rings. The molecule has 1 atom stereocenters. The molecule has 138 valence electrons. The summed E-state index contributed by atoms with van der Waals surface area (Å²) in [5, 5.41) is 16.4. The lowest BCUT2D eigenvalue weighted by molar-refractivity contribution is -0.384. The van der Waals surface area contributed by atoms with Crippen molar-refractivity contribution in [1.29, 1.82) is 0 Å². The van der Waals surface area contributed by atoms with Crippen LogP contribution in [0, 0.1) is 10.1 Å². The maximum absolute atomic E-state index is 12.3. The number of hydrogen-bond acceptors (Lipinski definition) is 7. The normalized spacial score (nSPS) is 17.6. The number of carbonyl (C=O) groups excluding carboxylic acids is 3. The number of carbonyl (C=O) groups is 3. The van der Waals surface area contributed by atoms with E-state index in [0.29, 0.717) is 0 Å². The first kappa shape index (κ1) is 18.0. The minimum Gasteiger partial charge on any atom is -0.468 e. The second-order valence-corrected chi connectivity index (χ2v) is 5.93. The van der Waals surface area contributed by atoms with Gasteiger partial charge in [-0.25, -0.2) is 0 Å². The molecule has 2 aromatic rings. The van der Waals surface area contributed by atoms with E-state index in [-0.39, 0.29) is 22.5 Å². The molecule has 27 heavy (non-hydrogen) atoms. The summed E-state index contributed by atoms with van der Waals surface area (Å²) in [7, 11) is 1.12. The minimum atomic E-state index is -1.72. The molecule has 10 heteroatoms. The van der Waals surface area contributed by atoms with Crippen LogP contribution in [0.1, 0.15) is 22.8 Å². The molecule has 1 aromatic heterocycles. The molecule has 1 unspecified atom stereocenters. The molecule has 3 rings (SSSR count). The van der Waals surface area contributed by atoms with Crippen LogP contribution >= 0.6 is 0 Å². The van der Waals surface area contributed by atoms with Crippen molar-refractivity contribution in [1.82, 2.24) is 4.98 Å². The first-order chi connectivity index (χ1) is 12.8. The summed E-state index contributed by atoms with van der Waals surface area (Å²) in [5.74, 6) is -2.10. The van der Waals surface area contributed by atoms with Crippen LogP contribution in [0.5, 0.6) is 0 Å². The molecule has 0 saturated carbocycles. The van der Waals surface area contributed by atoms with Crippen LogP contribution < -0.4 is 10.6 Å². The summed E-state index contributed by atoms with van der Waals surface area (Å²) in [6, 6.07) is 5.24. The Balaban J connectivity index is 2.07. The Hall–Kier alpha value is -3.82. The van der Waals surface area contributed by atoms with E-state index in [9.17, 15) is 24.5 Å². The van der Waals surface area contributed by atoms with Gasteiger partial charge < -0.3 is 15.4 Å². The van der Waals surface area contributed by atoms with E-state index in [1.54, 1.807) is 0 Å². The maximum Gasteiger partial charge on any atom is 0.325 e. The number of esters is 1. The monoisotopic (exact) mass is 370 g/mol. The lowest BCUT2D eigenvalue weighted by Gasteiger charge is -2.18. The molecule has 2 heterocycles. The Labute approximate surface area is 152 Å². The summed E-state index contributed by atoms with van der Waals surface area (Å²) in [5.41, 5.74) is -1.75. The van der Waals surface area contributed by atoms with E-state index in [0.717, 1.165) is 13.2 Å². The SMILES string of the molecule is COC(=O)C1(C)C(=O)Nc2cc(NC(=O)c3ccncc3)c([N+](=O)[O-])cc21. The number of amides is 2. The topological polar surface area (TPSA) is 141 Å². The zero-order chi connectivity index (χ0) is 19.8. The van der Waals surface area contributed by atoms with Crippen LogP contribution in [0.2, 0.25) is 0 Å². The fourth-order valence-corrected chi connectivity index (χ4v) is 2.83. The van der Waals surface area contributed by atoms with Gasteiger partial charge in [-0.1, -0.05) is 0 Å². The molecule has 0 spiro atoms. The van der Waals surface area contributed by atoms with Crippen LogP contribution in [-0.4, -0.2) is 34.8 Å². The second kappa shape index (κ2) is 6.48. The highest BCUT2D eigenvalue weighted by Crippen LogP contribution is 2.43. The zero-order valence-corrected chi connectivity index (χ0v) is 14.3. The Bertz CT molecular complexity index is 975. The molecule has 10 nitrogen and oxygen atoms in total. The summed E-state index contributed by atoms with van der Waals surface area (Å²) < 4.78 is 4.67. The van der Waals surface area contributed by atoms with Crippen molar-refractivity contribution in [3.8, 4) is 0 Å². The molecule has 2 N–H and O–H groups in total. The summed E-state index contributed by atoms with van der Waals surface area (Å²) in [4.78, 5) is 51.3. The van der Waals surface area contributed by atoms with Crippen LogP contribution in [0.25, 0.3) is 0 Å². The maximum atomic E-state index is 12.3. The third kappa shape index (κ3) is 2.86. The van der Waals surface area contributed by atoms with Gasteiger partial charge in [-0.3, -0.25) is 29.5 Å². The van der Waals surface area contributed by atoms with E-state index in [1.165, 1.54) is 37.5 Å². The van der Waals surface area contributed by atoms with E-state index in [4.69, 9.17) is 0 Å². The third-order valence-corrected chi connectivity index (χ3v) is 4.36. The number of anilines is 2. The fourth-order valence-electron chi connectivity index (χ4n) is 2.83. The van der Waals surface area contributed by atoms with Gasteiger partial charge in [0.15, 0.2) is 5.41 Å². The predicted molar refractivity (Wildman–Crippen MR) is 93.3 cm³/mol. The van der Waals surface area contributed by atoms with Crippen molar-refractivity contribution < 1.29 is 24.0 Å². The molecule has 0 saturated heterocycles. The number of pyridine rings is 1. The number of methoxy groups -OCH3 is 1. The third-order valence-electron chi connectivity index (χ3n) is 4.36. The van der Waals surface area contributed by atoms with Crippen LogP contribution in [0.3, 0.4) is 0 Å². The minimum absolute atomic E-state index is 0.105. The molecule has 2 amide bonds. The molecule has 0 radical (unpaired) electrons. The highest BCUT2D eigenvalue weighted by Gasteiger charge is 2.51. The molecular weight excluding hydrogens is 356 g/mol. The molecule has 0 fully saturated rings. The number of nitrogens with zero attached hydrogens (tertiary/aromatic N) is 2. The van der Waals surface area contributed by atoms with Crippen molar-refractivity contribution in [2.75, 3.05) is 17.7 Å². The van der Waals surface area contributed by atoms with E-state index in [1.807, 2.05) is 0 Å². The highest BCUT2D eigenvalue weighted by atomic mass is 16.6. The predicted octanol–water partition coefficient (Wildman–Crippen LogP) is 1.62. The lowest BCUT2D eigenvalue weighted by atomic mass is 9.83. The van der Waals surface area contributed by atoms with Gasteiger partial charge in [0, 0.05) is 35.3 Å². The molecule has 1 aliphatic heterocycles. The smallest absolute Gasteiger partial charge is 0.325 e. The quantitative estimate of drug-likeness (QED) is 0.360. The van der Waals surface area contributed by atoms with Crippen LogP contribution in [-0.2, 0) is 19.7 Å². The van der Waals surface area contributed by atoms with E-state index >= 15 is 0 Å². The lowest BCUT2D eigenvalue weighted by Crippen LogP contribution is -2.40. The number of nitro benzene ring substituents is 1. The molecule has 0 aliphatic carbocycles. The van der Waals surface area contributed by atoms with Gasteiger partial charge in [0.2, 0.25) is 5.91 Å². The van der Waals surface area contributed by atoms with Crippen LogP contribution in [0.4, 0.5) is 17.1 Å². The standard InChI is InChI=1S/C17H14N4O6/c1-17(16(24)27-2)10-7-13(21(25)26)12(8-11(10)20-15(17)23)19-14(22)9-3-5-18-6-4-9/h3-8H,1-2H3,(H,19,22)(H,20,23). The summed E-state index contributed by atoms with van der Waals surface area (Å²) in [6.07, 6.45) is 2.82. The van der Waals surface area contributed by atoms with Crippen molar-refractivity contribution in [3.05, 3.63) is 57.9 Å².